The molecule has 2 unspecified atom stereocenters. The number of carbonyl (C=O) groups is 2. The molecular weight excluding hydrogens is 399 g/mol. The van der Waals surface area contributed by atoms with Gasteiger partial charge in [0.1, 0.15) is 5.82 Å². The zero-order valence-electron chi connectivity index (χ0n) is 16.9. The van der Waals surface area contributed by atoms with Crippen LogP contribution in [0, 0.1) is 25.6 Å². The maximum absolute atomic E-state index is 13.4. The lowest BCUT2D eigenvalue weighted by atomic mass is 10.0. The van der Waals surface area contributed by atoms with Crippen LogP contribution < -0.4 is 10.2 Å². The number of benzene rings is 2. The van der Waals surface area contributed by atoms with E-state index in [2.05, 4.69) is 5.32 Å². The molecule has 0 radical (unpaired) electrons. The first kappa shape index (κ1) is 20.3. The lowest BCUT2D eigenvalue weighted by molar-refractivity contribution is -0.126. The van der Waals surface area contributed by atoms with Gasteiger partial charge in [0, 0.05) is 23.5 Å². The first-order valence-corrected chi connectivity index (χ1v) is 10.8. The number of anilines is 1. The Hall–Kier alpha value is -2.99. The van der Waals surface area contributed by atoms with Crippen LogP contribution in [0.25, 0.3) is 0 Å². The Morgan fingerprint density at radius 1 is 1.13 bits per heavy atom. The molecule has 2 atom stereocenters. The van der Waals surface area contributed by atoms with E-state index in [1.54, 1.807) is 17.0 Å². The largest absolute Gasteiger partial charge is 0.344 e. The third-order valence-electron chi connectivity index (χ3n) is 5.68. The van der Waals surface area contributed by atoms with Gasteiger partial charge >= 0.3 is 0 Å². The normalized spacial score (nSPS) is 17.2. The zero-order chi connectivity index (χ0) is 21.3. The van der Waals surface area contributed by atoms with Crippen molar-refractivity contribution in [1.29, 1.82) is 0 Å². The Morgan fingerprint density at radius 2 is 1.90 bits per heavy atom. The summed E-state index contributed by atoms with van der Waals surface area (Å²) < 4.78 is 13.4. The highest BCUT2D eigenvalue weighted by molar-refractivity contribution is 7.10. The van der Waals surface area contributed by atoms with Crippen molar-refractivity contribution in [2.24, 2.45) is 5.92 Å². The van der Waals surface area contributed by atoms with Crippen LogP contribution in [0.3, 0.4) is 0 Å². The maximum atomic E-state index is 13.4. The van der Waals surface area contributed by atoms with Gasteiger partial charge in [-0.3, -0.25) is 9.59 Å². The quantitative estimate of drug-likeness (QED) is 0.644. The zero-order valence-corrected chi connectivity index (χ0v) is 17.7. The van der Waals surface area contributed by atoms with E-state index in [4.69, 9.17) is 0 Å². The predicted octanol–water partition coefficient (Wildman–Crippen LogP) is 4.76. The lowest BCUT2D eigenvalue weighted by Crippen LogP contribution is -2.35. The van der Waals surface area contributed by atoms with E-state index in [1.807, 2.05) is 49.6 Å². The first-order chi connectivity index (χ1) is 14.4. The third kappa shape index (κ3) is 4.00. The molecule has 4 rings (SSSR count). The molecule has 3 aromatic rings. The molecule has 4 nitrogen and oxygen atoms in total. The van der Waals surface area contributed by atoms with Crippen molar-refractivity contribution in [2.45, 2.75) is 26.3 Å². The molecule has 0 saturated carbocycles. The van der Waals surface area contributed by atoms with E-state index < -0.39 is 5.92 Å². The minimum atomic E-state index is -0.430. The number of hydrogen-bond donors (Lipinski definition) is 1. The maximum Gasteiger partial charge on any atom is 0.227 e. The van der Waals surface area contributed by atoms with Crippen molar-refractivity contribution in [1.82, 2.24) is 5.32 Å². The first-order valence-electron chi connectivity index (χ1n) is 9.90. The molecule has 2 heterocycles. The Labute approximate surface area is 179 Å². The van der Waals surface area contributed by atoms with Gasteiger partial charge in [-0.25, -0.2) is 4.39 Å². The van der Waals surface area contributed by atoms with Crippen LogP contribution in [-0.4, -0.2) is 18.4 Å². The standard InChI is InChI=1S/C24H23FN2O2S/c1-15-5-3-6-20(16(15)2)27-14-18(13-22(27)28)24(29)26-23(21-7-4-12-30-21)17-8-10-19(25)11-9-17/h3-12,18,23H,13-14H2,1-2H3,(H,26,29). The molecule has 1 aromatic heterocycles. The summed E-state index contributed by atoms with van der Waals surface area (Å²) in [6.45, 7) is 4.36. The SMILES string of the molecule is Cc1cccc(N2CC(C(=O)NC(c3ccc(F)cc3)c3cccs3)CC2=O)c1C. The van der Waals surface area contributed by atoms with Crippen molar-refractivity contribution in [2.75, 3.05) is 11.4 Å². The van der Waals surface area contributed by atoms with Gasteiger partial charge in [-0.2, -0.15) is 0 Å². The summed E-state index contributed by atoms with van der Waals surface area (Å²) in [6, 6.07) is 15.5. The number of halogens is 1. The number of hydrogen-bond acceptors (Lipinski definition) is 3. The summed E-state index contributed by atoms with van der Waals surface area (Å²) >= 11 is 1.53. The summed E-state index contributed by atoms with van der Waals surface area (Å²) in [4.78, 5) is 28.5. The summed E-state index contributed by atoms with van der Waals surface area (Å²) in [7, 11) is 0. The third-order valence-corrected chi connectivity index (χ3v) is 6.62. The minimum absolute atomic E-state index is 0.0432. The Morgan fingerprint density at radius 3 is 2.60 bits per heavy atom. The molecule has 1 fully saturated rings. The Bertz CT molecular complexity index is 1060. The van der Waals surface area contributed by atoms with Crippen LogP contribution in [0.2, 0.25) is 0 Å². The van der Waals surface area contributed by atoms with Crippen molar-refractivity contribution in [3.05, 3.63) is 87.4 Å². The highest BCUT2D eigenvalue weighted by atomic mass is 32.1. The van der Waals surface area contributed by atoms with Gasteiger partial charge in [-0.05, 0) is 60.2 Å². The van der Waals surface area contributed by atoms with E-state index in [9.17, 15) is 14.0 Å². The van der Waals surface area contributed by atoms with Crippen molar-refractivity contribution in [3.8, 4) is 0 Å². The Kier molecular flexibility index (Phi) is 5.68. The van der Waals surface area contributed by atoms with Gasteiger partial charge in [0.05, 0.1) is 12.0 Å². The van der Waals surface area contributed by atoms with Gasteiger partial charge in [0.2, 0.25) is 11.8 Å². The average molecular weight is 423 g/mol. The molecule has 1 aliphatic heterocycles. The summed E-state index contributed by atoms with van der Waals surface area (Å²) in [5, 5.41) is 5.03. The van der Waals surface area contributed by atoms with Crippen LogP contribution in [-0.2, 0) is 9.59 Å². The minimum Gasteiger partial charge on any atom is -0.344 e. The summed E-state index contributed by atoms with van der Waals surface area (Å²) in [5.74, 6) is -0.960. The second-order valence-corrected chi connectivity index (χ2v) is 8.61. The molecule has 1 N–H and O–H groups in total. The molecule has 154 valence electrons. The van der Waals surface area contributed by atoms with Crippen LogP contribution in [0.5, 0.6) is 0 Å². The molecule has 2 aromatic carbocycles. The van der Waals surface area contributed by atoms with Crippen LogP contribution in [0.1, 0.15) is 34.0 Å². The fraction of sp³-hybridized carbons (Fsp3) is 0.250. The van der Waals surface area contributed by atoms with Gasteiger partial charge in [0.15, 0.2) is 0 Å². The smallest absolute Gasteiger partial charge is 0.227 e. The number of nitrogens with one attached hydrogen (secondary N) is 1. The molecule has 2 amide bonds. The second-order valence-electron chi connectivity index (χ2n) is 7.63. The van der Waals surface area contributed by atoms with Crippen molar-refractivity contribution in [3.63, 3.8) is 0 Å². The molecule has 0 bridgehead atoms. The summed E-state index contributed by atoms with van der Waals surface area (Å²) in [5.41, 5.74) is 3.84. The lowest BCUT2D eigenvalue weighted by Gasteiger charge is -2.22. The summed E-state index contributed by atoms with van der Waals surface area (Å²) in [6.07, 6.45) is 0.180. The topological polar surface area (TPSA) is 49.4 Å². The van der Waals surface area contributed by atoms with Crippen LogP contribution in [0.4, 0.5) is 10.1 Å². The highest BCUT2D eigenvalue weighted by Crippen LogP contribution is 2.31. The Balaban J connectivity index is 1.54. The van der Waals surface area contributed by atoms with Gasteiger partial charge in [-0.1, -0.05) is 30.3 Å². The number of aryl methyl sites for hydroxylation is 1. The molecule has 0 aliphatic carbocycles. The van der Waals surface area contributed by atoms with Gasteiger partial charge < -0.3 is 10.2 Å². The molecule has 1 saturated heterocycles. The number of rotatable bonds is 5. The molecule has 6 heteroatoms. The molecule has 0 spiro atoms. The van der Waals surface area contributed by atoms with E-state index in [1.165, 1.54) is 23.5 Å². The van der Waals surface area contributed by atoms with Crippen LogP contribution >= 0.6 is 11.3 Å². The number of carbonyl (C=O) groups excluding carboxylic acids is 2. The predicted molar refractivity (Wildman–Crippen MR) is 117 cm³/mol. The van der Waals surface area contributed by atoms with E-state index in [0.717, 1.165) is 27.3 Å². The fourth-order valence-electron chi connectivity index (χ4n) is 3.83. The number of thiophene rings is 1. The molecule has 1 aliphatic rings. The van der Waals surface area contributed by atoms with E-state index in [-0.39, 0.29) is 30.1 Å². The average Bonchev–Trinajstić information content (AvgIpc) is 3.39. The fourth-order valence-corrected chi connectivity index (χ4v) is 4.64. The molecule has 30 heavy (non-hydrogen) atoms. The van der Waals surface area contributed by atoms with Crippen molar-refractivity contribution >= 4 is 28.8 Å². The van der Waals surface area contributed by atoms with Crippen LogP contribution in [0.15, 0.2) is 60.0 Å². The van der Waals surface area contributed by atoms with E-state index >= 15 is 0 Å². The van der Waals surface area contributed by atoms with E-state index in [0.29, 0.717) is 6.54 Å². The van der Waals surface area contributed by atoms with Gasteiger partial charge in [0.25, 0.3) is 0 Å². The second kappa shape index (κ2) is 8.40. The molecular formula is C24H23FN2O2S. The monoisotopic (exact) mass is 422 g/mol. The number of amides is 2. The van der Waals surface area contributed by atoms with Gasteiger partial charge in [-0.15, -0.1) is 11.3 Å². The number of nitrogens with zero attached hydrogens (tertiary/aromatic N) is 1. The van der Waals surface area contributed by atoms with Crippen molar-refractivity contribution < 1.29 is 14.0 Å². The highest BCUT2D eigenvalue weighted by Gasteiger charge is 2.36.